The number of thiol groups is 1. The van der Waals surface area contributed by atoms with E-state index in [1.165, 1.54) is 32.1 Å². The molecule has 0 heterocycles. The molecule has 0 bridgehead atoms. The van der Waals surface area contributed by atoms with Gasteiger partial charge in [-0.3, -0.25) is 0 Å². The predicted molar refractivity (Wildman–Crippen MR) is 43.1 cm³/mol. The molecule has 4 N–H and O–H groups in total. The fraction of sp³-hybridized carbons (Fsp3) is 1.00. The van der Waals surface area contributed by atoms with Crippen LogP contribution in [0.3, 0.4) is 0 Å². The lowest BCUT2D eigenvalue weighted by Crippen LogP contribution is -2.03. The highest BCUT2D eigenvalue weighted by Crippen LogP contribution is 2.20. The van der Waals surface area contributed by atoms with Crippen molar-refractivity contribution < 1.29 is 11.0 Å². The molecule has 0 aromatic rings. The summed E-state index contributed by atoms with van der Waals surface area (Å²) in [5.41, 5.74) is 0. The zero-order chi connectivity index (χ0) is 5.11. The van der Waals surface area contributed by atoms with E-state index >= 15 is 0 Å². The van der Waals surface area contributed by atoms with Gasteiger partial charge in [0, 0.05) is 5.25 Å². The average molecular weight is 152 g/mol. The second kappa shape index (κ2) is 6.39. The third-order valence-corrected chi connectivity index (χ3v) is 2.09. The molecule has 58 valence electrons. The van der Waals surface area contributed by atoms with Gasteiger partial charge >= 0.3 is 0 Å². The van der Waals surface area contributed by atoms with Gasteiger partial charge in [-0.2, -0.15) is 12.6 Å². The third kappa shape index (κ3) is 4.75. The Morgan fingerprint density at radius 2 is 1.33 bits per heavy atom. The zero-order valence-electron chi connectivity index (χ0n) is 5.56. The van der Waals surface area contributed by atoms with E-state index in [1.807, 2.05) is 0 Å². The van der Waals surface area contributed by atoms with Gasteiger partial charge in [0.25, 0.3) is 0 Å². The van der Waals surface area contributed by atoms with Gasteiger partial charge in [-0.1, -0.05) is 19.3 Å². The fourth-order valence-electron chi connectivity index (χ4n) is 1.08. The van der Waals surface area contributed by atoms with Crippen LogP contribution in [0.2, 0.25) is 0 Å². The molecule has 1 aliphatic rings. The van der Waals surface area contributed by atoms with Gasteiger partial charge in [0.1, 0.15) is 0 Å². The van der Waals surface area contributed by atoms with E-state index in [0.29, 0.717) is 0 Å². The minimum absolute atomic E-state index is 0. The first kappa shape index (κ1) is 12.0. The maximum atomic E-state index is 4.36. The number of hydrogen-bond acceptors (Lipinski definition) is 1. The third-order valence-electron chi connectivity index (χ3n) is 1.57. The highest BCUT2D eigenvalue weighted by atomic mass is 32.1. The van der Waals surface area contributed by atoms with Gasteiger partial charge in [0.05, 0.1) is 0 Å². The van der Waals surface area contributed by atoms with Crippen molar-refractivity contribution in [3.05, 3.63) is 0 Å². The Bertz CT molecular complexity index is 53.0. The molecule has 9 heavy (non-hydrogen) atoms. The smallest absolute Gasteiger partial charge is 0.00168 e. The van der Waals surface area contributed by atoms with Gasteiger partial charge in [0.15, 0.2) is 0 Å². The van der Waals surface area contributed by atoms with E-state index in [1.54, 1.807) is 0 Å². The van der Waals surface area contributed by atoms with Gasteiger partial charge in [0.2, 0.25) is 0 Å². The van der Waals surface area contributed by atoms with E-state index in [-0.39, 0.29) is 11.0 Å². The summed E-state index contributed by atoms with van der Waals surface area (Å²) < 4.78 is 0. The molecule has 0 unspecified atom stereocenters. The summed E-state index contributed by atoms with van der Waals surface area (Å²) in [4.78, 5) is 0. The molecule has 0 aromatic carbocycles. The zero-order valence-corrected chi connectivity index (χ0v) is 6.45. The molecule has 2 nitrogen and oxygen atoms in total. The molecule has 0 amide bonds. The first-order valence-electron chi connectivity index (χ1n) is 3.07. The number of rotatable bonds is 0. The van der Waals surface area contributed by atoms with Crippen LogP contribution in [0.15, 0.2) is 0 Å². The van der Waals surface area contributed by atoms with Crippen molar-refractivity contribution in [2.75, 3.05) is 0 Å². The maximum Gasteiger partial charge on any atom is 0.00168 e. The highest BCUT2D eigenvalue weighted by Gasteiger charge is 2.06. The fourth-order valence-corrected chi connectivity index (χ4v) is 1.45. The lowest BCUT2D eigenvalue weighted by Gasteiger charge is -2.14. The lowest BCUT2D eigenvalue weighted by molar-refractivity contribution is 0.518. The largest absolute Gasteiger partial charge is 0.412 e. The van der Waals surface area contributed by atoms with Crippen LogP contribution in [0.5, 0.6) is 0 Å². The summed E-state index contributed by atoms with van der Waals surface area (Å²) in [5.74, 6) is 0. The Balaban J connectivity index is 0. The van der Waals surface area contributed by atoms with Crippen molar-refractivity contribution in [1.29, 1.82) is 0 Å². The van der Waals surface area contributed by atoms with Crippen LogP contribution in [0.25, 0.3) is 0 Å². The minimum atomic E-state index is 0. The Labute approximate surface area is 61.7 Å². The highest BCUT2D eigenvalue weighted by molar-refractivity contribution is 7.80. The Hall–Kier alpha value is 0.270. The predicted octanol–water partition coefficient (Wildman–Crippen LogP) is 0.599. The summed E-state index contributed by atoms with van der Waals surface area (Å²) in [6.45, 7) is 0. The molecule has 1 rings (SSSR count). The molecule has 0 aromatic heterocycles. The van der Waals surface area contributed by atoms with Gasteiger partial charge in [-0.25, -0.2) is 0 Å². The molecule has 1 fully saturated rings. The maximum absolute atomic E-state index is 4.36. The Kier molecular flexibility index (Phi) is 8.52. The summed E-state index contributed by atoms with van der Waals surface area (Å²) in [6, 6.07) is 0. The molecular weight excluding hydrogens is 136 g/mol. The molecule has 0 spiro atoms. The van der Waals surface area contributed by atoms with Crippen LogP contribution in [-0.4, -0.2) is 16.2 Å². The average Bonchev–Trinajstić information content (AvgIpc) is 1.69. The molecule has 0 aliphatic heterocycles. The second-order valence-electron chi connectivity index (χ2n) is 2.29. The molecule has 3 heteroatoms. The summed E-state index contributed by atoms with van der Waals surface area (Å²) >= 11 is 4.36. The van der Waals surface area contributed by atoms with Gasteiger partial charge in [-0.05, 0) is 12.8 Å². The van der Waals surface area contributed by atoms with E-state index in [9.17, 15) is 0 Å². The van der Waals surface area contributed by atoms with Crippen molar-refractivity contribution >= 4 is 12.6 Å². The molecular formula is C6H16O2S. The normalized spacial score (nSPS) is 19.7. The Morgan fingerprint density at radius 3 is 1.56 bits per heavy atom. The van der Waals surface area contributed by atoms with Crippen LogP contribution in [0.1, 0.15) is 32.1 Å². The minimum Gasteiger partial charge on any atom is -0.412 e. The van der Waals surface area contributed by atoms with Crippen molar-refractivity contribution in [3.63, 3.8) is 0 Å². The van der Waals surface area contributed by atoms with E-state index < -0.39 is 0 Å². The standard InChI is InChI=1S/C6H12S.2H2O/c7-6-4-2-1-3-5-6;;/h6-7H,1-5H2;2*1H2. The topological polar surface area (TPSA) is 63.0 Å². The molecule has 0 saturated heterocycles. The first-order valence-corrected chi connectivity index (χ1v) is 3.59. The van der Waals surface area contributed by atoms with Crippen LogP contribution in [0, 0.1) is 0 Å². The SMILES string of the molecule is O.O.SC1CCCCC1. The Morgan fingerprint density at radius 1 is 0.889 bits per heavy atom. The molecule has 0 radical (unpaired) electrons. The van der Waals surface area contributed by atoms with Crippen LogP contribution in [0.4, 0.5) is 0 Å². The van der Waals surface area contributed by atoms with E-state index in [2.05, 4.69) is 12.6 Å². The molecule has 1 saturated carbocycles. The number of hydrogen-bond donors (Lipinski definition) is 1. The van der Waals surface area contributed by atoms with E-state index in [0.717, 1.165) is 5.25 Å². The van der Waals surface area contributed by atoms with Crippen molar-refractivity contribution in [3.8, 4) is 0 Å². The van der Waals surface area contributed by atoms with Crippen molar-refractivity contribution in [2.45, 2.75) is 37.4 Å². The quantitative estimate of drug-likeness (QED) is 0.494. The van der Waals surface area contributed by atoms with Crippen LogP contribution >= 0.6 is 12.6 Å². The van der Waals surface area contributed by atoms with Gasteiger partial charge < -0.3 is 11.0 Å². The molecule has 0 atom stereocenters. The van der Waals surface area contributed by atoms with Gasteiger partial charge in [-0.15, -0.1) is 0 Å². The van der Waals surface area contributed by atoms with Crippen molar-refractivity contribution in [1.82, 2.24) is 0 Å². The summed E-state index contributed by atoms with van der Waals surface area (Å²) in [6.07, 6.45) is 6.96. The molecule has 1 aliphatic carbocycles. The summed E-state index contributed by atoms with van der Waals surface area (Å²) in [7, 11) is 0. The summed E-state index contributed by atoms with van der Waals surface area (Å²) in [5, 5.41) is 0.730. The lowest BCUT2D eigenvalue weighted by atomic mass is 10.0. The second-order valence-corrected chi connectivity index (χ2v) is 3.02. The van der Waals surface area contributed by atoms with E-state index in [4.69, 9.17) is 0 Å². The van der Waals surface area contributed by atoms with Crippen molar-refractivity contribution in [2.24, 2.45) is 0 Å². The monoisotopic (exact) mass is 152 g/mol. The van der Waals surface area contributed by atoms with Crippen LogP contribution < -0.4 is 0 Å². The van der Waals surface area contributed by atoms with Crippen LogP contribution in [-0.2, 0) is 0 Å². The first-order chi connectivity index (χ1) is 3.39.